The van der Waals surface area contributed by atoms with Crippen molar-refractivity contribution in [2.45, 2.75) is 44.3 Å². The van der Waals surface area contributed by atoms with E-state index in [9.17, 15) is 22.8 Å². The maximum Gasteiger partial charge on any atom is 0.417 e. The Balaban J connectivity index is 0.00000442. The highest BCUT2D eigenvalue weighted by atomic mass is 35.5. The number of hydrogen-bond donors (Lipinski definition) is 4. The third-order valence-electron chi connectivity index (χ3n) is 7.85. The molecule has 9 nitrogen and oxygen atoms in total. The van der Waals surface area contributed by atoms with Gasteiger partial charge in [-0.1, -0.05) is 42.5 Å². The van der Waals surface area contributed by atoms with E-state index in [0.717, 1.165) is 18.9 Å². The lowest BCUT2D eigenvalue weighted by atomic mass is 9.81. The van der Waals surface area contributed by atoms with Crippen LogP contribution in [0.4, 0.5) is 18.9 Å². The van der Waals surface area contributed by atoms with E-state index in [1.54, 1.807) is 54.6 Å². The number of hydrogen-bond acceptors (Lipinski definition) is 6. The largest absolute Gasteiger partial charge is 0.417 e. The quantitative estimate of drug-likeness (QED) is 0.196. The van der Waals surface area contributed by atoms with Gasteiger partial charge in [0, 0.05) is 23.6 Å². The molecule has 4 aromatic rings. The molecule has 13 heteroatoms. The summed E-state index contributed by atoms with van der Waals surface area (Å²) in [6.45, 7) is 0.582. The number of amides is 2. The monoisotopic (exact) mass is 627 g/mol. The van der Waals surface area contributed by atoms with Crippen LogP contribution in [0.15, 0.2) is 72.8 Å². The second-order valence-corrected chi connectivity index (χ2v) is 10.8. The topological polar surface area (TPSA) is 139 Å². The summed E-state index contributed by atoms with van der Waals surface area (Å²) in [4.78, 5) is 26.9. The number of rotatable bonds is 9. The molecule has 232 valence electrons. The number of tetrazole rings is 1. The minimum atomic E-state index is -4.52. The first-order chi connectivity index (χ1) is 20.7. The van der Waals surface area contributed by atoms with Crippen molar-refractivity contribution in [3.05, 3.63) is 83.9 Å². The van der Waals surface area contributed by atoms with Crippen LogP contribution in [0, 0.1) is 11.8 Å². The van der Waals surface area contributed by atoms with E-state index in [4.69, 9.17) is 5.73 Å². The lowest BCUT2D eigenvalue weighted by Gasteiger charge is -2.28. The number of nitrogens with two attached hydrogens (primary N) is 1. The van der Waals surface area contributed by atoms with Gasteiger partial charge in [-0.05, 0) is 90.4 Å². The summed E-state index contributed by atoms with van der Waals surface area (Å²) in [6, 6.07) is 17.8. The SMILES string of the molecule is Cl.NCC1CCC(C(=O)N[C@@H](Cc2cccc(-c3ccccc3C(F)(F)F)c2)C(=O)Nc2ccc(-c3nn[nH]n3)cc2)CC1. The van der Waals surface area contributed by atoms with Crippen LogP contribution in [0.1, 0.15) is 36.8 Å². The van der Waals surface area contributed by atoms with Crippen LogP contribution >= 0.6 is 12.4 Å². The van der Waals surface area contributed by atoms with Crippen molar-refractivity contribution in [2.24, 2.45) is 17.6 Å². The van der Waals surface area contributed by atoms with Gasteiger partial charge in [0.15, 0.2) is 0 Å². The number of halogens is 4. The summed E-state index contributed by atoms with van der Waals surface area (Å²) in [5.74, 6) is -0.114. The van der Waals surface area contributed by atoms with Gasteiger partial charge in [-0.15, -0.1) is 22.6 Å². The van der Waals surface area contributed by atoms with Crippen LogP contribution in [0.3, 0.4) is 0 Å². The van der Waals surface area contributed by atoms with E-state index >= 15 is 0 Å². The maximum absolute atomic E-state index is 13.7. The molecular formula is C31H33ClF3N7O2. The number of aromatic amines is 1. The van der Waals surface area contributed by atoms with Gasteiger partial charge in [0.05, 0.1) is 5.56 Å². The number of H-pyrrole nitrogens is 1. The zero-order chi connectivity index (χ0) is 30.4. The molecule has 1 atom stereocenters. The zero-order valence-corrected chi connectivity index (χ0v) is 24.5. The predicted octanol–water partition coefficient (Wildman–Crippen LogP) is 5.41. The highest BCUT2D eigenvalue weighted by Gasteiger charge is 2.33. The van der Waals surface area contributed by atoms with Crippen molar-refractivity contribution in [1.82, 2.24) is 25.9 Å². The number of nitrogens with zero attached hydrogens (tertiary/aromatic N) is 3. The van der Waals surface area contributed by atoms with Crippen molar-refractivity contribution in [2.75, 3.05) is 11.9 Å². The van der Waals surface area contributed by atoms with Crippen LogP contribution in [0.5, 0.6) is 0 Å². The van der Waals surface area contributed by atoms with Crippen molar-refractivity contribution < 1.29 is 22.8 Å². The van der Waals surface area contributed by atoms with Gasteiger partial charge in [-0.25, -0.2) is 0 Å². The molecule has 0 unspecified atom stereocenters. The highest BCUT2D eigenvalue weighted by Crippen LogP contribution is 2.37. The molecule has 1 heterocycles. The van der Waals surface area contributed by atoms with Gasteiger partial charge < -0.3 is 16.4 Å². The first kappa shape index (κ1) is 32.6. The number of benzene rings is 3. The van der Waals surface area contributed by atoms with Crippen LogP contribution in [-0.4, -0.2) is 45.0 Å². The van der Waals surface area contributed by atoms with Crippen molar-refractivity contribution in [3.63, 3.8) is 0 Å². The highest BCUT2D eigenvalue weighted by molar-refractivity contribution is 5.97. The molecule has 5 rings (SSSR count). The van der Waals surface area contributed by atoms with Crippen LogP contribution in [0.2, 0.25) is 0 Å². The molecule has 3 aromatic carbocycles. The van der Waals surface area contributed by atoms with Crippen molar-refractivity contribution in [3.8, 4) is 22.5 Å². The number of alkyl halides is 3. The van der Waals surface area contributed by atoms with E-state index < -0.39 is 23.7 Å². The Hall–Kier alpha value is -4.29. The Morgan fingerprint density at radius 1 is 0.955 bits per heavy atom. The molecule has 0 radical (unpaired) electrons. The minimum absolute atomic E-state index is 0. The first-order valence-electron chi connectivity index (χ1n) is 14.1. The summed E-state index contributed by atoms with van der Waals surface area (Å²) < 4.78 is 41.1. The Kier molecular flexibility index (Phi) is 10.7. The fourth-order valence-electron chi connectivity index (χ4n) is 5.46. The minimum Gasteiger partial charge on any atom is -0.344 e. The van der Waals surface area contributed by atoms with E-state index in [0.29, 0.717) is 53.5 Å². The molecule has 5 N–H and O–H groups in total. The Morgan fingerprint density at radius 3 is 2.34 bits per heavy atom. The second kappa shape index (κ2) is 14.5. The van der Waals surface area contributed by atoms with Gasteiger partial charge in [0.1, 0.15) is 6.04 Å². The molecule has 0 aliphatic heterocycles. The molecule has 44 heavy (non-hydrogen) atoms. The van der Waals surface area contributed by atoms with Gasteiger partial charge in [0.2, 0.25) is 17.6 Å². The van der Waals surface area contributed by atoms with Gasteiger partial charge in [-0.2, -0.15) is 18.4 Å². The maximum atomic E-state index is 13.7. The molecular weight excluding hydrogens is 595 g/mol. The van der Waals surface area contributed by atoms with E-state index in [2.05, 4.69) is 31.3 Å². The molecule has 0 spiro atoms. The van der Waals surface area contributed by atoms with Crippen molar-refractivity contribution >= 4 is 29.9 Å². The number of aromatic nitrogens is 4. The Morgan fingerprint density at radius 2 is 1.68 bits per heavy atom. The number of carbonyl (C=O) groups is 2. The van der Waals surface area contributed by atoms with E-state index in [1.807, 2.05) is 0 Å². The summed E-state index contributed by atoms with van der Waals surface area (Å²) in [7, 11) is 0. The van der Waals surface area contributed by atoms with Crippen molar-refractivity contribution in [1.29, 1.82) is 0 Å². The normalized spacial score (nSPS) is 17.3. The Bertz CT molecular complexity index is 1540. The first-order valence-corrected chi connectivity index (χ1v) is 14.1. The van der Waals surface area contributed by atoms with Crippen LogP contribution in [0.25, 0.3) is 22.5 Å². The summed E-state index contributed by atoms with van der Waals surface area (Å²) in [6.07, 6.45) is -1.38. The molecule has 2 amide bonds. The fraction of sp³-hybridized carbons (Fsp3) is 0.323. The summed E-state index contributed by atoms with van der Waals surface area (Å²) in [5.41, 5.74) is 7.26. The Labute approximate surface area is 258 Å². The molecule has 1 fully saturated rings. The molecule has 1 aliphatic rings. The average Bonchev–Trinajstić information content (AvgIpc) is 3.56. The molecule has 1 aliphatic carbocycles. The number of carbonyl (C=O) groups excluding carboxylic acids is 2. The molecule has 1 aromatic heterocycles. The smallest absolute Gasteiger partial charge is 0.344 e. The van der Waals surface area contributed by atoms with E-state index in [1.165, 1.54) is 12.1 Å². The average molecular weight is 628 g/mol. The standard InChI is InChI=1S/C31H32F3N7O2.ClH/c32-31(33,34)26-7-2-1-6-25(26)23-5-3-4-20(16-23)17-27(37-29(42)22-10-8-19(18-35)9-11-22)30(43)36-24-14-12-21(13-15-24)28-38-40-41-39-28;/h1-7,12-16,19,22,27H,8-11,17-18,35H2,(H,36,43)(H,37,42)(H,38,39,40,41);1H/t19?,22?,27-;/m0./s1. The molecule has 1 saturated carbocycles. The zero-order valence-electron chi connectivity index (χ0n) is 23.7. The van der Waals surface area contributed by atoms with E-state index in [-0.39, 0.29) is 36.2 Å². The second-order valence-electron chi connectivity index (χ2n) is 10.8. The molecule has 0 saturated heterocycles. The third kappa shape index (κ3) is 8.00. The van der Waals surface area contributed by atoms with Crippen LogP contribution < -0.4 is 16.4 Å². The summed E-state index contributed by atoms with van der Waals surface area (Å²) in [5, 5.41) is 19.6. The lowest BCUT2D eigenvalue weighted by Crippen LogP contribution is -2.48. The van der Waals surface area contributed by atoms with Gasteiger partial charge in [0.25, 0.3) is 0 Å². The number of anilines is 1. The summed E-state index contributed by atoms with van der Waals surface area (Å²) >= 11 is 0. The fourth-order valence-corrected chi connectivity index (χ4v) is 5.46. The molecule has 0 bridgehead atoms. The van der Waals surface area contributed by atoms with Gasteiger partial charge in [-0.3, -0.25) is 9.59 Å². The predicted molar refractivity (Wildman–Crippen MR) is 163 cm³/mol. The van der Waals surface area contributed by atoms with Crippen LogP contribution in [-0.2, 0) is 22.2 Å². The number of nitrogens with one attached hydrogen (secondary N) is 3. The third-order valence-corrected chi connectivity index (χ3v) is 7.85. The lowest BCUT2D eigenvalue weighted by molar-refractivity contribution is -0.137. The van der Waals surface area contributed by atoms with Gasteiger partial charge >= 0.3 is 6.18 Å².